The molecule has 0 fully saturated rings. The Bertz CT molecular complexity index is 1670. The first-order chi connectivity index (χ1) is 18.2. The van der Waals surface area contributed by atoms with E-state index in [1.165, 1.54) is 27.7 Å². The summed E-state index contributed by atoms with van der Waals surface area (Å²) in [4.78, 5) is 17.3. The number of nitrogens with one attached hydrogen (secondary N) is 1. The van der Waals surface area contributed by atoms with Crippen LogP contribution >= 0.6 is 11.6 Å². The van der Waals surface area contributed by atoms with Crippen molar-refractivity contribution in [1.29, 1.82) is 0 Å². The normalized spacial score (nSPS) is 12.1. The molecule has 2 aromatic carbocycles. The van der Waals surface area contributed by atoms with E-state index in [1.54, 1.807) is 44.4 Å². The van der Waals surface area contributed by atoms with Crippen LogP contribution in [0.1, 0.15) is 40.3 Å². The lowest BCUT2D eigenvalue weighted by Gasteiger charge is -2.20. The van der Waals surface area contributed by atoms with Gasteiger partial charge in [-0.05, 0) is 49.7 Å². The maximum atomic E-state index is 14.4. The third kappa shape index (κ3) is 5.08. The number of nitrogens with zero attached hydrogens (tertiary/aromatic N) is 5. The molecule has 0 saturated heterocycles. The van der Waals surface area contributed by atoms with E-state index in [9.17, 15) is 13.6 Å². The number of ether oxygens (including phenoxy) is 1. The van der Waals surface area contributed by atoms with Gasteiger partial charge in [0, 0.05) is 29.9 Å². The lowest BCUT2D eigenvalue weighted by atomic mass is 10.0. The van der Waals surface area contributed by atoms with Crippen LogP contribution in [0.4, 0.5) is 8.78 Å². The van der Waals surface area contributed by atoms with E-state index >= 15 is 0 Å². The third-order valence-corrected chi connectivity index (χ3v) is 6.37. The highest BCUT2D eigenvalue weighted by Gasteiger charge is 2.20. The predicted molar refractivity (Wildman–Crippen MR) is 138 cm³/mol. The zero-order valence-electron chi connectivity index (χ0n) is 20.7. The van der Waals surface area contributed by atoms with Crippen molar-refractivity contribution in [2.24, 2.45) is 7.05 Å². The molecule has 0 bridgehead atoms. The molecule has 0 aliphatic heterocycles. The van der Waals surface area contributed by atoms with Gasteiger partial charge in [0.05, 0.1) is 29.1 Å². The number of hydrogen-bond donors (Lipinski definition) is 1. The van der Waals surface area contributed by atoms with Gasteiger partial charge in [0.25, 0.3) is 5.91 Å². The monoisotopic (exact) mass is 536 g/mol. The highest BCUT2D eigenvalue weighted by Crippen LogP contribution is 2.32. The van der Waals surface area contributed by atoms with Gasteiger partial charge in [-0.3, -0.25) is 9.48 Å². The third-order valence-electron chi connectivity index (χ3n) is 6.03. The highest BCUT2D eigenvalue weighted by molar-refractivity contribution is 6.31. The summed E-state index contributed by atoms with van der Waals surface area (Å²) in [6.07, 6.45) is 4.08. The fourth-order valence-electron chi connectivity index (χ4n) is 4.26. The summed E-state index contributed by atoms with van der Waals surface area (Å²) in [5.74, 6) is -0.938. The number of para-hydroxylation sites is 1. The van der Waals surface area contributed by atoms with Crippen molar-refractivity contribution in [2.75, 3.05) is 0 Å². The molecule has 11 heteroatoms. The number of carbonyl (C=O) groups excluding carboxylic acids is 1. The van der Waals surface area contributed by atoms with Gasteiger partial charge in [0.2, 0.25) is 0 Å². The van der Waals surface area contributed by atoms with Gasteiger partial charge in [-0.15, -0.1) is 0 Å². The van der Waals surface area contributed by atoms with E-state index in [2.05, 4.69) is 20.5 Å². The molecule has 1 N–H and O–H groups in total. The fraction of sp³-hybridized carbons (Fsp3) is 0.185. The van der Waals surface area contributed by atoms with Gasteiger partial charge in [-0.25, -0.2) is 18.4 Å². The second-order valence-corrected chi connectivity index (χ2v) is 9.26. The van der Waals surface area contributed by atoms with E-state index < -0.39 is 23.6 Å². The Hall–Kier alpha value is -4.31. The number of benzene rings is 2. The first-order valence-electron chi connectivity index (χ1n) is 11.7. The molecular weight excluding hydrogens is 514 g/mol. The van der Waals surface area contributed by atoms with Crippen LogP contribution in [-0.4, -0.2) is 30.5 Å². The van der Waals surface area contributed by atoms with Crippen LogP contribution in [0.5, 0.6) is 5.75 Å². The number of fused-ring (bicyclic) bond motifs is 1. The number of pyridine rings is 1. The minimum Gasteiger partial charge on any atom is -0.487 e. The van der Waals surface area contributed by atoms with Crippen LogP contribution in [0.25, 0.3) is 16.6 Å². The van der Waals surface area contributed by atoms with Crippen molar-refractivity contribution in [1.82, 2.24) is 29.9 Å². The molecule has 38 heavy (non-hydrogen) atoms. The van der Waals surface area contributed by atoms with E-state index in [1.807, 2.05) is 13.0 Å². The molecule has 0 aliphatic carbocycles. The van der Waals surface area contributed by atoms with Crippen LogP contribution in [0.3, 0.4) is 0 Å². The number of aromatic nitrogens is 5. The Labute approximate surface area is 221 Å². The molecule has 3 aromatic heterocycles. The van der Waals surface area contributed by atoms with Gasteiger partial charge in [0.1, 0.15) is 29.4 Å². The molecule has 0 aliphatic rings. The van der Waals surface area contributed by atoms with Crippen LogP contribution < -0.4 is 10.1 Å². The molecule has 0 unspecified atom stereocenters. The SMILES string of the molecule is Cc1cc(-n2cc(F)cn2)c2cccc(OCc3c(Cl)cc(F)cc3[C@H](C)NC(=O)c3ccn(C)n3)c2n1. The molecule has 0 radical (unpaired) electrons. The number of halogens is 3. The predicted octanol–water partition coefficient (Wildman–Crippen LogP) is 5.46. The van der Waals surface area contributed by atoms with Crippen LogP contribution in [0, 0.1) is 18.6 Å². The second kappa shape index (κ2) is 10.2. The number of carbonyl (C=O) groups is 1. The zero-order valence-corrected chi connectivity index (χ0v) is 21.5. The van der Waals surface area contributed by atoms with Gasteiger partial charge in [-0.1, -0.05) is 23.7 Å². The van der Waals surface area contributed by atoms with Crippen LogP contribution in [0.15, 0.2) is 61.1 Å². The topological polar surface area (TPSA) is 86.9 Å². The lowest BCUT2D eigenvalue weighted by molar-refractivity contribution is 0.0933. The van der Waals surface area contributed by atoms with Crippen molar-refractivity contribution in [3.05, 3.63) is 100 Å². The van der Waals surface area contributed by atoms with Crippen LogP contribution in [0.2, 0.25) is 5.02 Å². The number of hydrogen-bond acceptors (Lipinski definition) is 5. The first kappa shape index (κ1) is 25.3. The minimum atomic E-state index is -0.592. The minimum absolute atomic E-state index is 0.0152. The van der Waals surface area contributed by atoms with E-state index in [-0.39, 0.29) is 17.3 Å². The maximum Gasteiger partial charge on any atom is 0.272 e. The Balaban J connectivity index is 1.46. The average molecular weight is 537 g/mol. The van der Waals surface area contributed by atoms with Gasteiger partial charge >= 0.3 is 0 Å². The second-order valence-electron chi connectivity index (χ2n) is 8.85. The number of amides is 1. The molecule has 1 atom stereocenters. The van der Waals surface area contributed by atoms with Crippen molar-refractivity contribution >= 4 is 28.4 Å². The summed E-state index contributed by atoms with van der Waals surface area (Å²) in [5, 5.41) is 11.9. The Morgan fingerprint density at radius 1 is 1.18 bits per heavy atom. The van der Waals surface area contributed by atoms with Crippen molar-refractivity contribution in [3.8, 4) is 11.4 Å². The zero-order chi connectivity index (χ0) is 27.0. The van der Waals surface area contributed by atoms with E-state index in [0.717, 1.165) is 6.20 Å². The fourth-order valence-corrected chi connectivity index (χ4v) is 4.53. The van der Waals surface area contributed by atoms with Gasteiger partial charge < -0.3 is 10.1 Å². The Kier molecular flexibility index (Phi) is 6.81. The molecule has 0 spiro atoms. The lowest BCUT2D eigenvalue weighted by Crippen LogP contribution is -2.28. The van der Waals surface area contributed by atoms with Crippen molar-refractivity contribution < 1.29 is 18.3 Å². The summed E-state index contributed by atoms with van der Waals surface area (Å²) in [7, 11) is 1.71. The molecule has 5 aromatic rings. The number of rotatable bonds is 7. The van der Waals surface area contributed by atoms with E-state index in [0.29, 0.717) is 39.2 Å². The van der Waals surface area contributed by atoms with Crippen molar-refractivity contribution in [2.45, 2.75) is 26.5 Å². The molecular formula is C27H23ClF2N6O2. The molecule has 5 rings (SSSR count). The molecule has 8 nitrogen and oxygen atoms in total. The summed E-state index contributed by atoms with van der Waals surface area (Å²) in [6.45, 7) is 3.53. The van der Waals surface area contributed by atoms with E-state index in [4.69, 9.17) is 16.3 Å². The number of aryl methyl sites for hydroxylation is 2. The molecule has 194 valence electrons. The molecule has 3 heterocycles. The summed E-state index contributed by atoms with van der Waals surface area (Å²) in [6, 6.07) is 10.7. The first-order valence-corrected chi connectivity index (χ1v) is 12.1. The molecule has 1 amide bonds. The largest absolute Gasteiger partial charge is 0.487 e. The summed E-state index contributed by atoms with van der Waals surface area (Å²) < 4.78 is 37.1. The Morgan fingerprint density at radius 3 is 2.71 bits per heavy atom. The molecule has 0 saturated carbocycles. The quantitative estimate of drug-likeness (QED) is 0.298. The van der Waals surface area contributed by atoms with Gasteiger partial charge in [0.15, 0.2) is 5.82 Å². The Morgan fingerprint density at radius 2 is 2.00 bits per heavy atom. The average Bonchev–Trinajstić information content (AvgIpc) is 3.50. The smallest absolute Gasteiger partial charge is 0.272 e. The summed E-state index contributed by atoms with van der Waals surface area (Å²) >= 11 is 6.44. The summed E-state index contributed by atoms with van der Waals surface area (Å²) in [5.41, 5.74) is 3.11. The highest BCUT2D eigenvalue weighted by atomic mass is 35.5. The maximum absolute atomic E-state index is 14.4. The standard InChI is InChI=1S/C27H23ClF2N6O2/c1-15-9-24(36-13-18(30)12-31-36)19-5-4-6-25(26(19)32-15)38-14-21-20(10-17(29)11-22(21)28)16(2)33-27(37)23-7-8-35(3)34-23/h4-13,16H,14H2,1-3H3,(H,33,37)/t16-/m0/s1. The van der Waals surface area contributed by atoms with Crippen LogP contribution in [-0.2, 0) is 13.7 Å². The van der Waals surface area contributed by atoms with Crippen molar-refractivity contribution in [3.63, 3.8) is 0 Å². The van der Waals surface area contributed by atoms with Gasteiger partial charge in [-0.2, -0.15) is 10.2 Å².